The molecule has 2 rings (SSSR count). The fourth-order valence-electron chi connectivity index (χ4n) is 1.94. The van der Waals surface area contributed by atoms with Crippen molar-refractivity contribution in [1.29, 1.82) is 0 Å². The summed E-state index contributed by atoms with van der Waals surface area (Å²) in [6.07, 6.45) is 2.10. The van der Waals surface area contributed by atoms with Crippen molar-refractivity contribution in [1.82, 2.24) is 5.32 Å². The zero-order valence-electron chi connectivity index (χ0n) is 10.3. The molecular formula is C13H17NO4. The number of carbonyl (C=O) groups is 1. The number of phenolic OH excluding ortho intramolecular Hbond substituents is 1. The van der Waals surface area contributed by atoms with E-state index in [1.807, 2.05) is 0 Å². The number of ether oxygens (including phenoxy) is 2. The predicted molar refractivity (Wildman–Crippen MR) is 66.0 cm³/mol. The van der Waals surface area contributed by atoms with E-state index in [1.54, 1.807) is 12.1 Å². The van der Waals surface area contributed by atoms with Crippen molar-refractivity contribution >= 4 is 5.91 Å². The van der Waals surface area contributed by atoms with Gasteiger partial charge >= 0.3 is 0 Å². The molecule has 2 N–H and O–H groups in total. The number of amides is 1. The van der Waals surface area contributed by atoms with Crippen LogP contribution in [-0.4, -0.2) is 37.4 Å². The van der Waals surface area contributed by atoms with Crippen molar-refractivity contribution in [2.75, 3.05) is 20.3 Å². The molecule has 1 aromatic rings. The van der Waals surface area contributed by atoms with Crippen LogP contribution in [0, 0.1) is 0 Å². The normalized spacial score (nSPS) is 18.6. The highest BCUT2D eigenvalue weighted by atomic mass is 16.5. The number of hydrogen-bond acceptors (Lipinski definition) is 4. The van der Waals surface area contributed by atoms with Gasteiger partial charge in [0.05, 0.1) is 18.8 Å². The first-order chi connectivity index (χ1) is 8.70. The summed E-state index contributed by atoms with van der Waals surface area (Å²) in [7, 11) is 1.51. The van der Waals surface area contributed by atoms with Gasteiger partial charge in [0, 0.05) is 19.2 Å². The number of nitrogens with one attached hydrogen (secondary N) is 1. The van der Waals surface area contributed by atoms with Crippen LogP contribution in [0.25, 0.3) is 0 Å². The average Bonchev–Trinajstić information content (AvgIpc) is 2.88. The van der Waals surface area contributed by atoms with Crippen LogP contribution in [0.1, 0.15) is 23.2 Å². The quantitative estimate of drug-likeness (QED) is 0.846. The topological polar surface area (TPSA) is 67.8 Å². The summed E-state index contributed by atoms with van der Waals surface area (Å²) in [6, 6.07) is 4.60. The molecule has 0 spiro atoms. The first-order valence-corrected chi connectivity index (χ1v) is 5.97. The van der Waals surface area contributed by atoms with Crippen molar-refractivity contribution in [2.45, 2.75) is 18.9 Å². The summed E-state index contributed by atoms with van der Waals surface area (Å²) in [4.78, 5) is 11.9. The zero-order valence-corrected chi connectivity index (χ0v) is 10.3. The maximum absolute atomic E-state index is 11.9. The third-order valence-electron chi connectivity index (χ3n) is 2.96. The van der Waals surface area contributed by atoms with E-state index < -0.39 is 0 Å². The number of benzene rings is 1. The Morgan fingerprint density at radius 2 is 2.44 bits per heavy atom. The lowest BCUT2D eigenvalue weighted by atomic mass is 10.1. The Hall–Kier alpha value is -1.75. The first kappa shape index (κ1) is 12.7. The molecule has 5 heteroatoms. The van der Waals surface area contributed by atoms with Crippen LogP contribution in [0.2, 0.25) is 0 Å². The van der Waals surface area contributed by atoms with E-state index in [1.165, 1.54) is 13.2 Å². The summed E-state index contributed by atoms with van der Waals surface area (Å²) in [5, 5.41) is 12.5. The first-order valence-electron chi connectivity index (χ1n) is 5.97. The van der Waals surface area contributed by atoms with E-state index in [0.29, 0.717) is 12.3 Å². The zero-order chi connectivity index (χ0) is 13.0. The molecule has 98 valence electrons. The highest BCUT2D eigenvalue weighted by Crippen LogP contribution is 2.23. The van der Waals surface area contributed by atoms with Gasteiger partial charge in [0.25, 0.3) is 5.91 Å². The van der Waals surface area contributed by atoms with Gasteiger partial charge in [-0.1, -0.05) is 0 Å². The Balaban J connectivity index is 1.95. The van der Waals surface area contributed by atoms with E-state index in [2.05, 4.69) is 5.32 Å². The van der Waals surface area contributed by atoms with E-state index >= 15 is 0 Å². The third kappa shape index (κ3) is 2.92. The molecular weight excluding hydrogens is 234 g/mol. The third-order valence-corrected chi connectivity index (χ3v) is 2.96. The van der Waals surface area contributed by atoms with E-state index in [0.717, 1.165) is 19.4 Å². The Labute approximate surface area is 106 Å². The van der Waals surface area contributed by atoms with Crippen LogP contribution in [0.3, 0.4) is 0 Å². The van der Waals surface area contributed by atoms with Crippen molar-refractivity contribution in [2.24, 2.45) is 0 Å². The van der Waals surface area contributed by atoms with E-state index in [4.69, 9.17) is 9.47 Å². The van der Waals surface area contributed by atoms with Crippen LogP contribution < -0.4 is 10.1 Å². The fraction of sp³-hybridized carbons (Fsp3) is 0.462. The van der Waals surface area contributed by atoms with E-state index in [9.17, 15) is 9.90 Å². The summed E-state index contributed by atoms with van der Waals surface area (Å²) in [5.41, 5.74) is 0.244. The van der Waals surface area contributed by atoms with Gasteiger partial charge in [-0.15, -0.1) is 0 Å². The van der Waals surface area contributed by atoms with Gasteiger partial charge in [0.15, 0.2) is 0 Å². The average molecular weight is 251 g/mol. The van der Waals surface area contributed by atoms with Gasteiger partial charge < -0.3 is 19.9 Å². The van der Waals surface area contributed by atoms with Crippen molar-refractivity contribution < 1.29 is 19.4 Å². The number of rotatable bonds is 4. The van der Waals surface area contributed by atoms with Crippen molar-refractivity contribution in [3.8, 4) is 11.5 Å². The second kappa shape index (κ2) is 5.73. The SMILES string of the molecule is COc1ccc(C(=O)NCC2CCCO2)c(O)c1. The molecule has 0 bridgehead atoms. The molecule has 0 saturated carbocycles. The van der Waals surface area contributed by atoms with Gasteiger partial charge in [-0.3, -0.25) is 4.79 Å². The van der Waals surface area contributed by atoms with Crippen molar-refractivity contribution in [3.63, 3.8) is 0 Å². The monoisotopic (exact) mass is 251 g/mol. The largest absolute Gasteiger partial charge is 0.507 e. The highest BCUT2D eigenvalue weighted by molar-refractivity contribution is 5.97. The van der Waals surface area contributed by atoms with Gasteiger partial charge in [0.1, 0.15) is 11.5 Å². The molecule has 1 aliphatic rings. The maximum atomic E-state index is 11.9. The predicted octanol–water partition coefficient (Wildman–Crippen LogP) is 1.31. The molecule has 1 aromatic carbocycles. The molecule has 0 aromatic heterocycles. The summed E-state index contributed by atoms with van der Waals surface area (Å²) in [6.45, 7) is 1.23. The molecule has 1 unspecified atom stereocenters. The van der Waals surface area contributed by atoms with Gasteiger partial charge in [0.2, 0.25) is 0 Å². The fourth-order valence-corrected chi connectivity index (χ4v) is 1.94. The van der Waals surface area contributed by atoms with E-state index in [-0.39, 0.29) is 23.3 Å². The van der Waals surface area contributed by atoms with Crippen LogP contribution in [0.4, 0.5) is 0 Å². The minimum atomic E-state index is -0.300. The van der Waals surface area contributed by atoms with Crippen LogP contribution in [0.15, 0.2) is 18.2 Å². The summed E-state index contributed by atoms with van der Waals surface area (Å²) < 4.78 is 10.4. The van der Waals surface area contributed by atoms with Gasteiger partial charge in [-0.05, 0) is 25.0 Å². The molecule has 1 atom stereocenters. The smallest absolute Gasteiger partial charge is 0.255 e. The lowest BCUT2D eigenvalue weighted by molar-refractivity contribution is 0.0855. The number of carbonyl (C=O) groups excluding carboxylic acids is 1. The standard InChI is InChI=1S/C13H17NO4/c1-17-9-4-5-11(12(15)7-9)13(16)14-8-10-3-2-6-18-10/h4-5,7,10,15H,2-3,6,8H2,1H3,(H,14,16). The molecule has 1 saturated heterocycles. The summed E-state index contributed by atoms with van der Waals surface area (Å²) >= 11 is 0. The second-order valence-electron chi connectivity index (χ2n) is 4.23. The van der Waals surface area contributed by atoms with Crippen LogP contribution >= 0.6 is 0 Å². The molecule has 5 nitrogen and oxygen atoms in total. The van der Waals surface area contributed by atoms with Crippen LogP contribution in [0.5, 0.6) is 11.5 Å². The molecule has 0 radical (unpaired) electrons. The Kier molecular flexibility index (Phi) is 4.04. The lowest BCUT2D eigenvalue weighted by Gasteiger charge is -2.11. The lowest BCUT2D eigenvalue weighted by Crippen LogP contribution is -2.31. The minimum absolute atomic E-state index is 0.0841. The number of phenols is 1. The van der Waals surface area contributed by atoms with Gasteiger partial charge in [-0.2, -0.15) is 0 Å². The highest BCUT2D eigenvalue weighted by Gasteiger charge is 2.18. The number of methoxy groups -OCH3 is 1. The molecule has 18 heavy (non-hydrogen) atoms. The second-order valence-corrected chi connectivity index (χ2v) is 4.23. The van der Waals surface area contributed by atoms with Crippen molar-refractivity contribution in [3.05, 3.63) is 23.8 Å². The molecule has 1 heterocycles. The Morgan fingerprint density at radius 1 is 1.61 bits per heavy atom. The molecule has 1 aliphatic heterocycles. The minimum Gasteiger partial charge on any atom is -0.507 e. The number of aromatic hydroxyl groups is 1. The van der Waals surface area contributed by atoms with Crippen LogP contribution in [-0.2, 0) is 4.74 Å². The number of hydrogen-bond donors (Lipinski definition) is 2. The summed E-state index contributed by atoms with van der Waals surface area (Å²) in [5.74, 6) is 0.132. The molecule has 1 amide bonds. The molecule has 0 aliphatic carbocycles. The Morgan fingerprint density at radius 3 is 3.06 bits per heavy atom. The van der Waals surface area contributed by atoms with Gasteiger partial charge in [-0.25, -0.2) is 0 Å². The Bertz CT molecular complexity index is 427. The maximum Gasteiger partial charge on any atom is 0.255 e. The molecule has 1 fully saturated rings.